The zero-order valence-electron chi connectivity index (χ0n) is 10.6. The highest BCUT2D eigenvalue weighted by Crippen LogP contribution is 2.23. The van der Waals surface area contributed by atoms with Crippen molar-refractivity contribution in [1.29, 1.82) is 0 Å². The Labute approximate surface area is 112 Å². The van der Waals surface area contributed by atoms with E-state index in [4.69, 9.17) is 4.52 Å². The van der Waals surface area contributed by atoms with Crippen LogP contribution in [-0.2, 0) is 12.3 Å². The topological polar surface area (TPSA) is 38.1 Å². The van der Waals surface area contributed by atoms with Gasteiger partial charge in [0.2, 0.25) is 0 Å². The van der Waals surface area contributed by atoms with E-state index in [0.717, 1.165) is 24.6 Å². The van der Waals surface area contributed by atoms with E-state index < -0.39 is 0 Å². The first-order valence-electron chi connectivity index (χ1n) is 6.20. The maximum Gasteiger partial charge on any atom is 0.146 e. The van der Waals surface area contributed by atoms with E-state index in [0.29, 0.717) is 0 Å². The second-order valence-corrected chi connectivity index (χ2v) is 5.14. The van der Waals surface area contributed by atoms with Crippen molar-refractivity contribution in [2.75, 3.05) is 6.54 Å². The highest BCUT2D eigenvalue weighted by molar-refractivity contribution is 7.98. The molecule has 1 aromatic carbocycles. The third-order valence-corrected chi connectivity index (χ3v) is 3.54. The van der Waals surface area contributed by atoms with Gasteiger partial charge in [-0.1, -0.05) is 24.2 Å². The number of hydrogen-bond acceptors (Lipinski definition) is 4. The summed E-state index contributed by atoms with van der Waals surface area (Å²) in [5.74, 6) is 1.74. The summed E-state index contributed by atoms with van der Waals surface area (Å²) in [6, 6.07) is 10.5. The Morgan fingerprint density at radius 3 is 3.06 bits per heavy atom. The summed E-state index contributed by atoms with van der Waals surface area (Å²) < 4.78 is 5.08. The fourth-order valence-electron chi connectivity index (χ4n) is 1.63. The lowest BCUT2D eigenvalue weighted by Gasteiger charge is -2.05. The minimum Gasteiger partial charge on any atom is -0.361 e. The molecule has 1 N–H and O–H groups in total. The Morgan fingerprint density at radius 2 is 2.28 bits per heavy atom. The van der Waals surface area contributed by atoms with Crippen molar-refractivity contribution < 1.29 is 4.52 Å². The van der Waals surface area contributed by atoms with E-state index in [1.165, 1.54) is 16.9 Å². The molecule has 0 aliphatic heterocycles. The molecule has 0 aliphatic carbocycles. The highest BCUT2D eigenvalue weighted by Gasteiger charge is 2.00. The molecule has 1 aromatic heterocycles. The van der Waals surface area contributed by atoms with Crippen LogP contribution in [0.3, 0.4) is 0 Å². The monoisotopic (exact) mass is 262 g/mol. The van der Waals surface area contributed by atoms with Gasteiger partial charge in [-0.2, -0.15) is 0 Å². The molecule has 18 heavy (non-hydrogen) atoms. The third kappa shape index (κ3) is 4.20. The van der Waals surface area contributed by atoms with Crippen molar-refractivity contribution in [2.45, 2.75) is 30.5 Å². The molecule has 0 fully saturated rings. The largest absolute Gasteiger partial charge is 0.361 e. The van der Waals surface area contributed by atoms with Crippen LogP contribution in [-0.4, -0.2) is 11.7 Å². The van der Waals surface area contributed by atoms with E-state index in [9.17, 15) is 0 Å². The molecular formula is C14H18N2OS. The van der Waals surface area contributed by atoms with Crippen LogP contribution in [0.5, 0.6) is 0 Å². The molecule has 0 amide bonds. The first kappa shape index (κ1) is 13.2. The zero-order valence-corrected chi connectivity index (χ0v) is 11.4. The van der Waals surface area contributed by atoms with Crippen LogP contribution in [0.1, 0.15) is 24.7 Å². The van der Waals surface area contributed by atoms with E-state index in [1.54, 1.807) is 18.0 Å². The molecular weight excluding hydrogens is 244 g/mol. The molecule has 0 radical (unpaired) electrons. The number of aromatic nitrogens is 1. The molecule has 4 heteroatoms. The molecule has 2 aromatic rings. The highest BCUT2D eigenvalue weighted by atomic mass is 32.2. The summed E-state index contributed by atoms with van der Waals surface area (Å²) in [6.45, 7) is 4.18. The van der Waals surface area contributed by atoms with E-state index in [2.05, 4.69) is 41.7 Å². The van der Waals surface area contributed by atoms with Gasteiger partial charge in [0.15, 0.2) is 0 Å². The Balaban J connectivity index is 1.86. The normalized spacial score (nSPS) is 10.7. The lowest BCUT2D eigenvalue weighted by atomic mass is 10.2. The first-order chi connectivity index (χ1) is 8.88. The second kappa shape index (κ2) is 7.24. The molecule has 0 bridgehead atoms. The van der Waals surface area contributed by atoms with Crippen molar-refractivity contribution in [1.82, 2.24) is 10.5 Å². The summed E-state index contributed by atoms with van der Waals surface area (Å²) in [6.07, 6.45) is 2.85. The van der Waals surface area contributed by atoms with Crippen LogP contribution >= 0.6 is 11.8 Å². The van der Waals surface area contributed by atoms with Crippen molar-refractivity contribution in [3.63, 3.8) is 0 Å². The molecule has 96 valence electrons. The number of thioether (sulfide) groups is 1. The van der Waals surface area contributed by atoms with Gasteiger partial charge in [-0.15, -0.1) is 11.8 Å². The standard InChI is InChI=1S/C14H18N2OS/c1-2-7-15-10-12-4-3-5-14(9-12)18-11-13-6-8-16-17-13/h3-6,8-9,15H,2,7,10-11H2,1H3. The van der Waals surface area contributed by atoms with Crippen molar-refractivity contribution in [3.05, 3.63) is 47.9 Å². The minimum absolute atomic E-state index is 0.825. The van der Waals surface area contributed by atoms with Gasteiger partial charge in [-0.05, 0) is 30.7 Å². The first-order valence-corrected chi connectivity index (χ1v) is 7.19. The summed E-state index contributed by atoms with van der Waals surface area (Å²) in [5.41, 5.74) is 1.33. The van der Waals surface area contributed by atoms with Gasteiger partial charge >= 0.3 is 0 Å². The summed E-state index contributed by atoms with van der Waals surface area (Å²) in [5, 5.41) is 7.11. The van der Waals surface area contributed by atoms with E-state index in [-0.39, 0.29) is 0 Å². The SMILES string of the molecule is CCCNCc1cccc(SCc2ccno2)c1. The van der Waals surface area contributed by atoms with Gasteiger partial charge < -0.3 is 9.84 Å². The number of nitrogens with one attached hydrogen (secondary N) is 1. The predicted molar refractivity (Wildman–Crippen MR) is 74.5 cm³/mol. The molecule has 0 unspecified atom stereocenters. The molecule has 0 saturated carbocycles. The van der Waals surface area contributed by atoms with Crippen molar-refractivity contribution in [2.24, 2.45) is 0 Å². The molecule has 3 nitrogen and oxygen atoms in total. The summed E-state index contributed by atoms with van der Waals surface area (Å²) in [7, 11) is 0. The molecule has 0 spiro atoms. The minimum atomic E-state index is 0.825. The number of nitrogens with zero attached hydrogens (tertiary/aromatic N) is 1. The van der Waals surface area contributed by atoms with E-state index >= 15 is 0 Å². The van der Waals surface area contributed by atoms with Gasteiger partial charge in [0.1, 0.15) is 5.76 Å². The zero-order chi connectivity index (χ0) is 12.6. The van der Waals surface area contributed by atoms with Crippen LogP contribution in [0.2, 0.25) is 0 Å². The van der Waals surface area contributed by atoms with Gasteiger partial charge in [0, 0.05) is 17.5 Å². The van der Waals surface area contributed by atoms with Gasteiger partial charge in [0.05, 0.1) is 11.9 Å². The molecule has 0 aliphatic rings. The van der Waals surface area contributed by atoms with Gasteiger partial charge in [-0.3, -0.25) is 0 Å². The average molecular weight is 262 g/mol. The fourth-order valence-corrected chi connectivity index (χ4v) is 2.49. The average Bonchev–Trinajstić information content (AvgIpc) is 2.90. The quantitative estimate of drug-likeness (QED) is 0.612. The molecule has 0 saturated heterocycles. The van der Waals surface area contributed by atoms with Crippen LogP contribution in [0.4, 0.5) is 0 Å². The Morgan fingerprint density at radius 1 is 1.33 bits per heavy atom. The molecule has 2 rings (SSSR count). The van der Waals surface area contributed by atoms with Crippen LogP contribution in [0.15, 0.2) is 45.9 Å². The van der Waals surface area contributed by atoms with Crippen LogP contribution in [0, 0.1) is 0 Å². The lowest BCUT2D eigenvalue weighted by Crippen LogP contribution is -2.13. The number of benzene rings is 1. The maximum absolute atomic E-state index is 5.08. The van der Waals surface area contributed by atoms with Crippen LogP contribution < -0.4 is 5.32 Å². The van der Waals surface area contributed by atoms with Gasteiger partial charge in [-0.25, -0.2) is 0 Å². The Hall–Kier alpha value is -1.26. The predicted octanol–water partition coefficient (Wildman–Crippen LogP) is 3.47. The number of hydrogen-bond donors (Lipinski definition) is 1. The fraction of sp³-hybridized carbons (Fsp3) is 0.357. The number of rotatable bonds is 7. The smallest absolute Gasteiger partial charge is 0.146 e. The van der Waals surface area contributed by atoms with Crippen molar-refractivity contribution >= 4 is 11.8 Å². The lowest BCUT2D eigenvalue weighted by molar-refractivity contribution is 0.395. The maximum atomic E-state index is 5.08. The third-order valence-electron chi connectivity index (χ3n) is 2.53. The van der Waals surface area contributed by atoms with E-state index in [1.807, 2.05) is 6.07 Å². The summed E-state index contributed by atoms with van der Waals surface area (Å²) in [4.78, 5) is 1.27. The van der Waals surface area contributed by atoms with Crippen molar-refractivity contribution in [3.8, 4) is 0 Å². The molecule has 0 atom stereocenters. The van der Waals surface area contributed by atoms with Gasteiger partial charge in [0.25, 0.3) is 0 Å². The summed E-state index contributed by atoms with van der Waals surface area (Å²) >= 11 is 1.77. The Kier molecular flexibility index (Phi) is 5.30. The second-order valence-electron chi connectivity index (χ2n) is 4.09. The van der Waals surface area contributed by atoms with Crippen LogP contribution in [0.25, 0.3) is 0 Å². The Bertz CT molecular complexity index is 457. The molecule has 1 heterocycles.